The number of anilines is 2. The van der Waals surface area contributed by atoms with Crippen molar-refractivity contribution in [1.82, 2.24) is 4.90 Å². The van der Waals surface area contributed by atoms with Gasteiger partial charge in [0.1, 0.15) is 5.82 Å². The second kappa shape index (κ2) is 6.01. The van der Waals surface area contributed by atoms with Crippen LogP contribution in [0.2, 0.25) is 0 Å². The molecule has 0 saturated heterocycles. The number of rotatable bonds is 4. The maximum Gasteiger partial charge on any atom is 0.250 e. The number of benzene rings is 2. The first kappa shape index (κ1) is 15.5. The van der Waals surface area contributed by atoms with Gasteiger partial charge in [0.15, 0.2) is 0 Å². The number of halogens is 1. The highest BCUT2D eigenvalue weighted by Crippen LogP contribution is 2.41. The minimum atomic E-state index is -0.489. The number of hydrogen-bond donors (Lipinski definition) is 1. The molecule has 120 valence electrons. The van der Waals surface area contributed by atoms with Crippen LogP contribution in [-0.2, 0) is 6.42 Å². The number of fused-ring (bicyclic) bond motifs is 2. The largest absolute Gasteiger partial charge is 0.366 e. The molecular formula is C18H20FN3O. The van der Waals surface area contributed by atoms with Crippen molar-refractivity contribution < 1.29 is 9.18 Å². The number of para-hydroxylation sites is 2. The molecule has 2 aromatic rings. The van der Waals surface area contributed by atoms with Crippen LogP contribution < -0.4 is 10.6 Å². The fraction of sp³-hybridized carbons (Fsp3) is 0.278. The van der Waals surface area contributed by atoms with E-state index in [2.05, 4.69) is 0 Å². The summed E-state index contributed by atoms with van der Waals surface area (Å²) < 4.78 is 14.5. The summed E-state index contributed by atoms with van der Waals surface area (Å²) in [6.45, 7) is 1.32. The van der Waals surface area contributed by atoms with Gasteiger partial charge in [-0.25, -0.2) is 4.39 Å². The molecule has 1 heterocycles. The molecular weight excluding hydrogens is 293 g/mol. The summed E-state index contributed by atoms with van der Waals surface area (Å²) in [6.07, 6.45) is 0.599. The molecule has 0 saturated carbocycles. The Bertz CT molecular complexity index is 758. The maximum absolute atomic E-state index is 14.5. The van der Waals surface area contributed by atoms with Gasteiger partial charge in [-0.3, -0.25) is 4.79 Å². The molecule has 0 aliphatic carbocycles. The third kappa shape index (κ3) is 2.80. The number of likely N-dealkylation sites (N-methyl/N-ethyl adjacent to an activating group) is 1. The van der Waals surface area contributed by atoms with Crippen LogP contribution in [0.3, 0.4) is 0 Å². The average Bonchev–Trinajstić information content (AvgIpc) is 2.50. The molecule has 0 unspecified atom stereocenters. The predicted octanol–water partition coefficient (Wildman–Crippen LogP) is 2.53. The van der Waals surface area contributed by atoms with Gasteiger partial charge in [-0.1, -0.05) is 24.3 Å². The number of amides is 1. The van der Waals surface area contributed by atoms with Gasteiger partial charge in [-0.2, -0.15) is 0 Å². The van der Waals surface area contributed by atoms with Crippen molar-refractivity contribution in [3.63, 3.8) is 0 Å². The highest BCUT2D eigenvalue weighted by Gasteiger charge is 2.28. The third-order valence-electron chi connectivity index (χ3n) is 4.15. The summed E-state index contributed by atoms with van der Waals surface area (Å²) in [7, 11) is 3.93. The van der Waals surface area contributed by atoms with Crippen molar-refractivity contribution in [2.75, 3.05) is 32.1 Å². The lowest BCUT2D eigenvalue weighted by atomic mass is 9.92. The Morgan fingerprint density at radius 2 is 1.83 bits per heavy atom. The molecule has 3 rings (SSSR count). The number of carbonyl (C=O) groups excluding carboxylic acids is 1. The molecule has 1 aliphatic rings. The molecule has 5 heteroatoms. The molecule has 0 fully saturated rings. The smallest absolute Gasteiger partial charge is 0.250 e. The highest BCUT2D eigenvalue weighted by atomic mass is 19.1. The molecule has 2 aromatic carbocycles. The SMILES string of the molecule is CN(C)CCN1c2c(F)cccc2Cc2cccc(C(N)=O)c21. The van der Waals surface area contributed by atoms with Gasteiger partial charge in [0.05, 0.1) is 16.9 Å². The van der Waals surface area contributed by atoms with Crippen LogP contribution in [0.5, 0.6) is 0 Å². The first-order valence-corrected chi connectivity index (χ1v) is 7.60. The zero-order valence-electron chi connectivity index (χ0n) is 13.3. The Morgan fingerprint density at radius 3 is 2.48 bits per heavy atom. The minimum absolute atomic E-state index is 0.272. The van der Waals surface area contributed by atoms with E-state index in [9.17, 15) is 9.18 Å². The number of hydrogen-bond acceptors (Lipinski definition) is 3. The van der Waals surface area contributed by atoms with Crippen molar-refractivity contribution >= 4 is 17.3 Å². The number of nitrogens with zero attached hydrogens (tertiary/aromatic N) is 2. The first-order chi connectivity index (χ1) is 11.0. The fourth-order valence-corrected chi connectivity index (χ4v) is 3.10. The second-order valence-electron chi connectivity index (χ2n) is 6.06. The summed E-state index contributed by atoms with van der Waals surface area (Å²) in [5, 5.41) is 0. The molecule has 0 spiro atoms. The molecule has 0 radical (unpaired) electrons. The molecule has 1 aliphatic heterocycles. The van der Waals surface area contributed by atoms with Gasteiger partial charge in [0.2, 0.25) is 0 Å². The summed E-state index contributed by atoms with van der Waals surface area (Å²) in [6, 6.07) is 10.6. The monoisotopic (exact) mass is 313 g/mol. The van der Waals surface area contributed by atoms with E-state index in [1.165, 1.54) is 6.07 Å². The van der Waals surface area contributed by atoms with Crippen LogP contribution in [0.1, 0.15) is 21.5 Å². The van der Waals surface area contributed by atoms with Crippen LogP contribution in [0.25, 0.3) is 0 Å². The summed E-state index contributed by atoms with van der Waals surface area (Å²) in [5.74, 6) is -0.761. The lowest BCUT2D eigenvalue weighted by Gasteiger charge is -2.35. The van der Waals surface area contributed by atoms with Crippen LogP contribution in [0, 0.1) is 5.82 Å². The van der Waals surface area contributed by atoms with Crippen molar-refractivity contribution in [3.05, 3.63) is 58.9 Å². The quantitative estimate of drug-likeness (QED) is 0.943. The van der Waals surface area contributed by atoms with Crippen molar-refractivity contribution in [2.24, 2.45) is 5.73 Å². The van der Waals surface area contributed by atoms with Crippen LogP contribution in [0.4, 0.5) is 15.8 Å². The van der Waals surface area contributed by atoms with Gasteiger partial charge in [0.25, 0.3) is 5.91 Å². The zero-order valence-corrected chi connectivity index (χ0v) is 13.3. The van der Waals surface area contributed by atoms with Crippen LogP contribution >= 0.6 is 0 Å². The van der Waals surface area contributed by atoms with Gasteiger partial charge < -0.3 is 15.5 Å². The van der Waals surface area contributed by atoms with Crippen LogP contribution in [-0.4, -0.2) is 38.0 Å². The van der Waals surface area contributed by atoms with E-state index in [0.717, 1.165) is 23.4 Å². The third-order valence-corrected chi connectivity index (χ3v) is 4.15. The first-order valence-electron chi connectivity index (χ1n) is 7.60. The number of nitrogens with two attached hydrogens (primary N) is 1. The lowest BCUT2D eigenvalue weighted by molar-refractivity contribution is 0.100. The lowest BCUT2D eigenvalue weighted by Crippen LogP contribution is -2.33. The summed E-state index contributed by atoms with van der Waals surface area (Å²) in [5.41, 5.74) is 9.20. The Labute approximate surface area is 135 Å². The topological polar surface area (TPSA) is 49.6 Å². The normalized spacial score (nSPS) is 13.0. The molecule has 4 nitrogen and oxygen atoms in total. The van der Waals surface area contributed by atoms with Gasteiger partial charge in [-0.05, 0) is 37.4 Å². The van der Waals surface area contributed by atoms with E-state index in [1.54, 1.807) is 12.1 Å². The molecule has 0 aromatic heterocycles. The Hall–Kier alpha value is -2.40. The Kier molecular flexibility index (Phi) is 4.05. The van der Waals surface area contributed by atoms with Gasteiger partial charge in [-0.15, -0.1) is 0 Å². The minimum Gasteiger partial charge on any atom is -0.366 e. The highest BCUT2D eigenvalue weighted by molar-refractivity contribution is 6.01. The van der Waals surface area contributed by atoms with E-state index >= 15 is 0 Å². The van der Waals surface area contributed by atoms with E-state index in [-0.39, 0.29) is 5.82 Å². The zero-order chi connectivity index (χ0) is 16.6. The number of carbonyl (C=O) groups is 1. The van der Waals surface area contributed by atoms with E-state index in [4.69, 9.17) is 5.73 Å². The summed E-state index contributed by atoms with van der Waals surface area (Å²) in [4.78, 5) is 15.8. The maximum atomic E-state index is 14.5. The molecule has 1 amide bonds. The van der Waals surface area contributed by atoms with Crippen molar-refractivity contribution in [1.29, 1.82) is 0 Å². The van der Waals surface area contributed by atoms with Crippen LogP contribution in [0.15, 0.2) is 36.4 Å². The second-order valence-corrected chi connectivity index (χ2v) is 6.06. The van der Waals surface area contributed by atoms with Gasteiger partial charge >= 0.3 is 0 Å². The van der Waals surface area contributed by atoms with E-state index < -0.39 is 5.91 Å². The van der Waals surface area contributed by atoms with E-state index in [1.807, 2.05) is 42.1 Å². The van der Waals surface area contributed by atoms with Gasteiger partial charge in [0, 0.05) is 19.5 Å². The predicted molar refractivity (Wildman–Crippen MR) is 89.7 cm³/mol. The molecule has 23 heavy (non-hydrogen) atoms. The summed E-state index contributed by atoms with van der Waals surface area (Å²) >= 11 is 0. The van der Waals surface area contributed by atoms with Crippen molar-refractivity contribution in [2.45, 2.75) is 6.42 Å². The van der Waals surface area contributed by atoms with Crippen molar-refractivity contribution in [3.8, 4) is 0 Å². The Balaban J connectivity index is 2.18. The molecule has 2 N–H and O–H groups in total. The van der Waals surface area contributed by atoms with E-state index in [0.29, 0.717) is 24.2 Å². The number of primary amides is 1. The standard InChI is InChI=1S/C18H20FN3O/c1-21(2)9-10-22-16-12(5-3-7-14(16)18(20)23)11-13-6-4-8-15(19)17(13)22/h3-8H,9-11H2,1-2H3,(H2,20,23). The molecule has 0 atom stereocenters. The average molecular weight is 313 g/mol. The Morgan fingerprint density at radius 1 is 1.17 bits per heavy atom. The molecule has 0 bridgehead atoms. The fourth-order valence-electron chi connectivity index (χ4n) is 3.10.